The fourth-order valence-corrected chi connectivity index (χ4v) is 1.02. The third kappa shape index (κ3) is 3.00. The van der Waals surface area contributed by atoms with Gasteiger partial charge in [-0.1, -0.05) is 0 Å². The van der Waals surface area contributed by atoms with E-state index in [1.807, 2.05) is 12.1 Å². The van der Waals surface area contributed by atoms with Crippen molar-refractivity contribution in [2.45, 2.75) is 12.8 Å². The smallest absolute Gasteiger partial charge is 0.303 e. The molecule has 0 radical (unpaired) electrons. The summed E-state index contributed by atoms with van der Waals surface area (Å²) in [5.41, 5.74) is 0.806. The number of carbonyl (C=O) groups is 1. The Balaban J connectivity index is 2.53. The molecule has 4 heteroatoms. The molecule has 0 fully saturated rings. The summed E-state index contributed by atoms with van der Waals surface area (Å²) in [6.45, 7) is 0. The monoisotopic (exact) mass is 229 g/mol. The van der Waals surface area contributed by atoms with Gasteiger partial charge in [0.05, 0.1) is 6.42 Å². The van der Waals surface area contributed by atoms with Gasteiger partial charge in [-0.2, -0.15) is 0 Å². The molecule has 1 aromatic rings. The van der Waals surface area contributed by atoms with Crippen LogP contribution in [-0.4, -0.2) is 16.1 Å². The number of carboxylic acid groups (broad SMARTS) is 1. The van der Waals surface area contributed by atoms with Crippen LogP contribution in [-0.2, 0) is 11.2 Å². The highest BCUT2D eigenvalue weighted by molar-refractivity contribution is 9.10. The summed E-state index contributed by atoms with van der Waals surface area (Å²) in [4.78, 5) is 14.2. The Hall–Kier alpha value is -0.900. The molecule has 0 aliphatic carbocycles. The first-order chi connectivity index (χ1) is 5.68. The zero-order valence-electron chi connectivity index (χ0n) is 6.33. The second-order valence-electron chi connectivity index (χ2n) is 2.36. The summed E-state index contributed by atoms with van der Waals surface area (Å²) in [5, 5.41) is 8.39. The first-order valence-electron chi connectivity index (χ1n) is 3.50. The van der Waals surface area contributed by atoms with Crippen molar-refractivity contribution in [1.29, 1.82) is 0 Å². The number of aromatic nitrogens is 1. The highest BCUT2D eigenvalue weighted by Crippen LogP contribution is 2.08. The van der Waals surface area contributed by atoms with Gasteiger partial charge in [0.2, 0.25) is 0 Å². The zero-order valence-corrected chi connectivity index (χ0v) is 7.91. The van der Waals surface area contributed by atoms with Crippen LogP contribution in [0.4, 0.5) is 0 Å². The van der Waals surface area contributed by atoms with Crippen molar-refractivity contribution < 1.29 is 9.90 Å². The predicted octanol–water partition coefficient (Wildman–Crippen LogP) is 1.86. The number of hydrogen-bond acceptors (Lipinski definition) is 2. The fraction of sp³-hybridized carbons (Fsp3) is 0.250. The van der Waals surface area contributed by atoms with E-state index in [1.54, 1.807) is 6.20 Å². The molecule has 1 aromatic heterocycles. The van der Waals surface area contributed by atoms with Gasteiger partial charge in [-0.05, 0) is 28.1 Å². The van der Waals surface area contributed by atoms with Crippen LogP contribution in [0.2, 0.25) is 0 Å². The number of hydrogen-bond donors (Lipinski definition) is 1. The Kier molecular flexibility index (Phi) is 3.22. The van der Waals surface area contributed by atoms with Crippen LogP contribution >= 0.6 is 15.9 Å². The molecule has 0 spiro atoms. The van der Waals surface area contributed by atoms with Crippen molar-refractivity contribution in [3.8, 4) is 0 Å². The van der Waals surface area contributed by atoms with Gasteiger partial charge < -0.3 is 5.11 Å². The maximum Gasteiger partial charge on any atom is 0.303 e. The van der Waals surface area contributed by atoms with Gasteiger partial charge in [-0.3, -0.25) is 9.78 Å². The van der Waals surface area contributed by atoms with Crippen LogP contribution < -0.4 is 0 Å². The third-order valence-corrected chi connectivity index (χ3v) is 1.85. The molecule has 0 unspecified atom stereocenters. The number of aryl methyl sites for hydroxylation is 1. The number of nitrogens with zero attached hydrogens (tertiary/aromatic N) is 1. The molecule has 3 nitrogen and oxygen atoms in total. The van der Waals surface area contributed by atoms with E-state index in [1.165, 1.54) is 0 Å². The van der Waals surface area contributed by atoms with Crippen molar-refractivity contribution in [3.05, 3.63) is 28.5 Å². The van der Waals surface area contributed by atoms with Crippen LogP contribution in [0.5, 0.6) is 0 Å². The van der Waals surface area contributed by atoms with Crippen LogP contribution in [0.25, 0.3) is 0 Å². The Labute approximate surface area is 78.6 Å². The fourth-order valence-electron chi connectivity index (χ4n) is 0.789. The normalized spacial score (nSPS) is 9.75. The molecule has 1 heterocycles. The van der Waals surface area contributed by atoms with Crippen LogP contribution in [0.3, 0.4) is 0 Å². The number of halogens is 1. The van der Waals surface area contributed by atoms with Gasteiger partial charge in [0.25, 0.3) is 0 Å². The van der Waals surface area contributed by atoms with Crippen molar-refractivity contribution in [2.75, 3.05) is 0 Å². The van der Waals surface area contributed by atoms with E-state index in [4.69, 9.17) is 5.11 Å². The van der Waals surface area contributed by atoms with Gasteiger partial charge in [0.1, 0.15) is 0 Å². The molecule has 64 valence electrons. The molecule has 12 heavy (non-hydrogen) atoms. The van der Waals surface area contributed by atoms with E-state index in [9.17, 15) is 4.79 Å². The minimum atomic E-state index is -0.792. The molecule has 0 saturated heterocycles. The van der Waals surface area contributed by atoms with Gasteiger partial charge in [0.15, 0.2) is 0 Å². The van der Waals surface area contributed by atoms with Gasteiger partial charge >= 0.3 is 5.97 Å². The van der Waals surface area contributed by atoms with Crippen molar-refractivity contribution >= 4 is 21.9 Å². The Bertz CT molecular complexity index is 271. The van der Waals surface area contributed by atoms with E-state index < -0.39 is 5.97 Å². The quantitative estimate of drug-likeness (QED) is 0.862. The molecule has 1 rings (SSSR count). The highest BCUT2D eigenvalue weighted by Gasteiger charge is 1.99. The first-order valence-corrected chi connectivity index (χ1v) is 4.30. The highest BCUT2D eigenvalue weighted by atomic mass is 79.9. The van der Waals surface area contributed by atoms with E-state index in [-0.39, 0.29) is 6.42 Å². The SMILES string of the molecule is O=C(O)CCc1ccc(Br)cn1. The molecule has 0 saturated carbocycles. The maximum atomic E-state index is 10.2. The predicted molar refractivity (Wildman–Crippen MR) is 47.9 cm³/mol. The Morgan fingerprint density at radius 1 is 1.58 bits per heavy atom. The topological polar surface area (TPSA) is 50.2 Å². The average Bonchev–Trinajstić information content (AvgIpc) is 2.03. The van der Waals surface area contributed by atoms with Crippen molar-refractivity contribution in [2.24, 2.45) is 0 Å². The lowest BCUT2D eigenvalue weighted by atomic mass is 10.2. The van der Waals surface area contributed by atoms with Crippen LogP contribution in [0.1, 0.15) is 12.1 Å². The lowest BCUT2D eigenvalue weighted by molar-refractivity contribution is -0.136. The standard InChI is InChI=1S/C8H8BrNO2/c9-6-1-2-7(10-5-6)3-4-8(11)12/h1-2,5H,3-4H2,(H,11,12). The van der Waals surface area contributed by atoms with E-state index in [0.717, 1.165) is 10.2 Å². The molecule has 0 amide bonds. The van der Waals surface area contributed by atoms with E-state index in [2.05, 4.69) is 20.9 Å². The van der Waals surface area contributed by atoms with Crippen LogP contribution in [0.15, 0.2) is 22.8 Å². The number of pyridine rings is 1. The largest absolute Gasteiger partial charge is 0.481 e. The first kappa shape index (κ1) is 9.19. The molecule has 0 atom stereocenters. The van der Waals surface area contributed by atoms with Crippen molar-refractivity contribution in [3.63, 3.8) is 0 Å². The average molecular weight is 230 g/mol. The summed E-state index contributed by atoms with van der Waals surface area (Å²) in [5.74, 6) is -0.792. The molecular weight excluding hydrogens is 222 g/mol. The van der Waals surface area contributed by atoms with E-state index in [0.29, 0.717) is 6.42 Å². The minimum absolute atomic E-state index is 0.134. The summed E-state index contributed by atoms with van der Waals surface area (Å²) < 4.78 is 0.904. The van der Waals surface area contributed by atoms with Gasteiger partial charge in [0, 0.05) is 22.8 Å². The van der Waals surface area contributed by atoms with Crippen LogP contribution in [0, 0.1) is 0 Å². The number of aliphatic carboxylic acids is 1. The summed E-state index contributed by atoms with van der Waals surface area (Å²) in [6.07, 6.45) is 2.29. The molecular formula is C8H8BrNO2. The molecule has 0 aliphatic rings. The summed E-state index contributed by atoms with van der Waals surface area (Å²) in [6, 6.07) is 3.66. The van der Waals surface area contributed by atoms with Crippen molar-refractivity contribution in [1.82, 2.24) is 4.98 Å². The Morgan fingerprint density at radius 2 is 2.33 bits per heavy atom. The Morgan fingerprint density at radius 3 is 2.83 bits per heavy atom. The summed E-state index contributed by atoms with van der Waals surface area (Å²) in [7, 11) is 0. The lowest BCUT2D eigenvalue weighted by Crippen LogP contribution is -1.98. The van der Waals surface area contributed by atoms with E-state index >= 15 is 0 Å². The molecule has 0 aliphatic heterocycles. The number of carboxylic acids is 1. The maximum absolute atomic E-state index is 10.2. The van der Waals surface area contributed by atoms with Gasteiger partial charge in [-0.25, -0.2) is 0 Å². The molecule has 0 aromatic carbocycles. The zero-order chi connectivity index (χ0) is 8.97. The lowest BCUT2D eigenvalue weighted by Gasteiger charge is -1.96. The van der Waals surface area contributed by atoms with Gasteiger partial charge in [-0.15, -0.1) is 0 Å². The molecule has 1 N–H and O–H groups in total. The minimum Gasteiger partial charge on any atom is -0.481 e. The number of rotatable bonds is 3. The second-order valence-corrected chi connectivity index (χ2v) is 3.28. The second kappa shape index (κ2) is 4.21. The third-order valence-electron chi connectivity index (χ3n) is 1.38. The molecule has 0 bridgehead atoms. The summed E-state index contributed by atoms with van der Waals surface area (Å²) >= 11 is 3.25.